The molecule has 100 valence electrons. The standard InChI is InChI=1S/C12H13N3O3S/c1-8(2)17-11-4-3-9(5-13-11)18-12-14-6-10(19-12)7-15-16/h3-8,16H,1-2H3. The second kappa shape index (κ2) is 6.14. The number of ether oxygens (including phenoxy) is 2. The van der Waals surface area contributed by atoms with Gasteiger partial charge in [-0.05, 0) is 19.9 Å². The van der Waals surface area contributed by atoms with Crippen molar-refractivity contribution in [1.82, 2.24) is 9.97 Å². The van der Waals surface area contributed by atoms with Crippen LogP contribution >= 0.6 is 11.3 Å². The Morgan fingerprint density at radius 3 is 2.79 bits per heavy atom. The highest BCUT2D eigenvalue weighted by atomic mass is 32.1. The number of aromatic nitrogens is 2. The maximum absolute atomic E-state index is 8.40. The summed E-state index contributed by atoms with van der Waals surface area (Å²) in [6.07, 6.45) is 4.50. The highest BCUT2D eigenvalue weighted by Crippen LogP contribution is 2.26. The van der Waals surface area contributed by atoms with E-state index in [1.807, 2.05) is 13.8 Å². The van der Waals surface area contributed by atoms with Crippen LogP contribution in [0.15, 0.2) is 29.7 Å². The van der Waals surface area contributed by atoms with Crippen LogP contribution in [-0.4, -0.2) is 27.5 Å². The van der Waals surface area contributed by atoms with E-state index in [0.717, 1.165) is 0 Å². The molecule has 0 spiro atoms. The monoisotopic (exact) mass is 279 g/mol. The second-order valence-electron chi connectivity index (χ2n) is 3.87. The molecule has 0 saturated heterocycles. The molecule has 0 unspecified atom stereocenters. The number of nitrogens with zero attached hydrogens (tertiary/aromatic N) is 3. The van der Waals surface area contributed by atoms with Gasteiger partial charge < -0.3 is 14.7 Å². The fourth-order valence-electron chi connectivity index (χ4n) is 1.27. The van der Waals surface area contributed by atoms with Crippen LogP contribution in [0.1, 0.15) is 18.7 Å². The van der Waals surface area contributed by atoms with E-state index in [9.17, 15) is 0 Å². The maximum atomic E-state index is 8.40. The van der Waals surface area contributed by atoms with Crippen LogP contribution in [0.3, 0.4) is 0 Å². The average molecular weight is 279 g/mol. The van der Waals surface area contributed by atoms with Crippen molar-refractivity contribution in [3.8, 4) is 16.8 Å². The Morgan fingerprint density at radius 1 is 1.32 bits per heavy atom. The summed E-state index contributed by atoms with van der Waals surface area (Å²) >= 11 is 1.27. The topological polar surface area (TPSA) is 76.8 Å². The van der Waals surface area contributed by atoms with Crippen molar-refractivity contribution in [3.63, 3.8) is 0 Å². The van der Waals surface area contributed by atoms with Crippen LogP contribution in [0.5, 0.6) is 16.8 Å². The zero-order valence-electron chi connectivity index (χ0n) is 10.5. The van der Waals surface area contributed by atoms with Gasteiger partial charge in [-0.3, -0.25) is 0 Å². The van der Waals surface area contributed by atoms with E-state index in [1.54, 1.807) is 24.5 Å². The zero-order chi connectivity index (χ0) is 13.7. The van der Waals surface area contributed by atoms with Crippen molar-refractivity contribution in [2.24, 2.45) is 5.16 Å². The van der Waals surface area contributed by atoms with Gasteiger partial charge in [0.05, 0.1) is 29.6 Å². The van der Waals surface area contributed by atoms with E-state index in [4.69, 9.17) is 14.7 Å². The van der Waals surface area contributed by atoms with Gasteiger partial charge in [0.15, 0.2) is 0 Å². The molecule has 0 aromatic carbocycles. The molecule has 0 radical (unpaired) electrons. The number of hydrogen-bond acceptors (Lipinski definition) is 7. The Balaban J connectivity index is 2.02. The fraction of sp³-hybridized carbons (Fsp3) is 0.250. The van der Waals surface area contributed by atoms with Gasteiger partial charge in [-0.25, -0.2) is 9.97 Å². The van der Waals surface area contributed by atoms with Gasteiger partial charge in [0.2, 0.25) is 5.88 Å². The molecule has 2 aromatic heterocycles. The van der Waals surface area contributed by atoms with E-state index < -0.39 is 0 Å². The lowest BCUT2D eigenvalue weighted by Crippen LogP contribution is -2.06. The molecular weight excluding hydrogens is 266 g/mol. The van der Waals surface area contributed by atoms with Crippen LogP contribution in [0.25, 0.3) is 0 Å². The Kier molecular flexibility index (Phi) is 4.30. The fourth-order valence-corrected chi connectivity index (χ4v) is 1.92. The summed E-state index contributed by atoms with van der Waals surface area (Å²) in [6.45, 7) is 3.87. The zero-order valence-corrected chi connectivity index (χ0v) is 11.3. The largest absolute Gasteiger partial charge is 0.475 e. The molecule has 2 heterocycles. The second-order valence-corrected chi connectivity index (χ2v) is 4.90. The predicted octanol–water partition coefficient (Wildman–Crippen LogP) is 2.93. The molecule has 2 rings (SSSR count). The Hall–Kier alpha value is -2.15. The molecular formula is C12H13N3O3S. The van der Waals surface area contributed by atoms with Gasteiger partial charge in [0, 0.05) is 6.07 Å². The number of pyridine rings is 1. The summed E-state index contributed by atoms with van der Waals surface area (Å²) in [5, 5.41) is 11.8. The number of thiazole rings is 1. The summed E-state index contributed by atoms with van der Waals surface area (Å²) in [4.78, 5) is 8.86. The predicted molar refractivity (Wildman–Crippen MR) is 71.6 cm³/mol. The third-order valence-electron chi connectivity index (χ3n) is 1.96. The van der Waals surface area contributed by atoms with Crippen molar-refractivity contribution >= 4 is 17.6 Å². The summed E-state index contributed by atoms with van der Waals surface area (Å²) < 4.78 is 10.9. The SMILES string of the molecule is CC(C)Oc1ccc(Oc2ncc(C=NO)s2)cn1. The Morgan fingerprint density at radius 2 is 2.16 bits per heavy atom. The maximum Gasteiger partial charge on any atom is 0.279 e. The first-order valence-corrected chi connectivity index (χ1v) is 6.43. The van der Waals surface area contributed by atoms with Crippen molar-refractivity contribution in [2.75, 3.05) is 0 Å². The number of rotatable bonds is 5. The van der Waals surface area contributed by atoms with Crippen molar-refractivity contribution < 1.29 is 14.7 Å². The summed E-state index contributed by atoms with van der Waals surface area (Å²) in [7, 11) is 0. The van der Waals surface area contributed by atoms with Gasteiger partial charge in [0.25, 0.3) is 5.19 Å². The van der Waals surface area contributed by atoms with Crippen molar-refractivity contribution in [3.05, 3.63) is 29.4 Å². The van der Waals surface area contributed by atoms with E-state index in [1.165, 1.54) is 17.6 Å². The van der Waals surface area contributed by atoms with Crippen LogP contribution < -0.4 is 9.47 Å². The quantitative estimate of drug-likeness (QED) is 0.517. The molecule has 0 saturated carbocycles. The molecule has 0 bridgehead atoms. The van der Waals surface area contributed by atoms with Gasteiger partial charge >= 0.3 is 0 Å². The first-order valence-electron chi connectivity index (χ1n) is 5.61. The average Bonchev–Trinajstić information content (AvgIpc) is 2.79. The molecule has 0 aliphatic carbocycles. The normalized spacial score (nSPS) is 11.1. The minimum atomic E-state index is 0.0820. The van der Waals surface area contributed by atoms with Gasteiger partial charge in [-0.1, -0.05) is 16.5 Å². The lowest BCUT2D eigenvalue weighted by atomic mass is 10.4. The van der Waals surface area contributed by atoms with Crippen LogP contribution in [0.4, 0.5) is 0 Å². The van der Waals surface area contributed by atoms with Crippen molar-refractivity contribution in [2.45, 2.75) is 20.0 Å². The molecule has 1 N–H and O–H groups in total. The Labute approximate surface area is 114 Å². The van der Waals surface area contributed by atoms with Gasteiger partial charge in [0.1, 0.15) is 5.75 Å². The molecule has 19 heavy (non-hydrogen) atoms. The molecule has 0 aliphatic rings. The summed E-state index contributed by atoms with van der Waals surface area (Å²) in [5.74, 6) is 1.12. The van der Waals surface area contributed by atoms with Crippen molar-refractivity contribution in [1.29, 1.82) is 0 Å². The van der Waals surface area contributed by atoms with E-state index in [0.29, 0.717) is 21.7 Å². The van der Waals surface area contributed by atoms with E-state index >= 15 is 0 Å². The van der Waals surface area contributed by atoms with Gasteiger partial charge in [-0.15, -0.1) is 0 Å². The lowest BCUT2D eigenvalue weighted by Gasteiger charge is -2.08. The number of hydrogen-bond donors (Lipinski definition) is 1. The smallest absolute Gasteiger partial charge is 0.279 e. The summed E-state index contributed by atoms with van der Waals surface area (Å²) in [5.41, 5.74) is 0. The Bertz CT molecular complexity index is 552. The third-order valence-corrected chi connectivity index (χ3v) is 2.77. The van der Waals surface area contributed by atoms with Gasteiger partial charge in [-0.2, -0.15) is 0 Å². The molecule has 2 aromatic rings. The molecule has 6 nitrogen and oxygen atoms in total. The van der Waals surface area contributed by atoms with E-state index in [2.05, 4.69) is 15.1 Å². The van der Waals surface area contributed by atoms with E-state index in [-0.39, 0.29) is 6.10 Å². The molecule has 0 atom stereocenters. The number of oxime groups is 1. The summed E-state index contributed by atoms with van der Waals surface area (Å²) in [6, 6.07) is 3.49. The minimum Gasteiger partial charge on any atom is -0.475 e. The molecule has 0 amide bonds. The highest BCUT2D eigenvalue weighted by molar-refractivity contribution is 7.15. The third kappa shape index (κ3) is 3.92. The first kappa shape index (κ1) is 13.3. The minimum absolute atomic E-state index is 0.0820. The van der Waals surface area contributed by atoms with Crippen LogP contribution in [0, 0.1) is 0 Å². The molecule has 0 fully saturated rings. The highest BCUT2D eigenvalue weighted by Gasteiger charge is 2.05. The van der Waals surface area contributed by atoms with Crippen LogP contribution in [0.2, 0.25) is 0 Å². The van der Waals surface area contributed by atoms with Crippen LogP contribution in [-0.2, 0) is 0 Å². The lowest BCUT2D eigenvalue weighted by molar-refractivity contribution is 0.232. The first-order chi connectivity index (χ1) is 9.17. The molecule has 7 heteroatoms. The molecule has 0 aliphatic heterocycles.